The molecule has 1 aliphatic heterocycles. The first-order chi connectivity index (χ1) is 10.3. The Morgan fingerprint density at radius 2 is 2.14 bits per heavy atom. The Morgan fingerprint density at radius 3 is 2.86 bits per heavy atom. The van der Waals surface area contributed by atoms with Crippen LogP contribution in [-0.2, 0) is 6.42 Å². The molecule has 3 rings (SSSR count). The van der Waals surface area contributed by atoms with E-state index in [2.05, 4.69) is 28.0 Å². The van der Waals surface area contributed by atoms with E-state index in [0.29, 0.717) is 11.7 Å². The maximum Gasteiger partial charge on any atom is 0.268 e. The third kappa shape index (κ3) is 3.51. The summed E-state index contributed by atoms with van der Waals surface area (Å²) in [5, 5.41) is 4.06. The van der Waals surface area contributed by atoms with Gasteiger partial charge in [0.2, 0.25) is 0 Å². The van der Waals surface area contributed by atoms with Gasteiger partial charge in [0.05, 0.1) is 10.9 Å². The van der Waals surface area contributed by atoms with Gasteiger partial charge in [0.25, 0.3) is 5.89 Å². The van der Waals surface area contributed by atoms with Crippen LogP contribution in [0.3, 0.4) is 0 Å². The molecule has 0 bridgehead atoms. The summed E-state index contributed by atoms with van der Waals surface area (Å²) in [4.78, 5) is 9.21. The predicted octanol–water partition coefficient (Wildman–Crippen LogP) is 2.85. The second-order valence-electron chi connectivity index (χ2n) is 5.55. The highest BCUT2D eigenvalue weighted by atomic mass is 32.1. The van der Waals surface area contributed by atoms with Gasteiger partial charge < -0.3 is 15.2 Å². The van der Waals surface area contributed by atoms with E-state index in [0.717, 1.165) is 30.9 Å². The largest absolute Gasteiger partial charge is 0.333 e. The highest BCUT2D eigenvalue weighted by Crippen LogP contribution is 2.27. The quantitative estimate of drug-likeness (QED) is 0.920. The summed E-state index contributed by atoms with van der Waals surface area (Å²) in [6.45, 7) is 5.21. The zero-order chi connectivity index (χ0) is 14.7. The summed E-state index contributed by atoms with van der Waals surface area (Å²) >= 11 is 1.70. The lowest BCUT2D eigenvalue weighted by atomic mass is 10.1. The molecule has 5 nitrogen and oxygen atoms in total. The van der Waals surface area contributed by atoms with Crippen LogP contribution in [0.25, 0.3) is 10.8 Å². The monoisotopic (exact) mass is 306 g/mol. The number of aromatic nitrogens is 2. The molecule has 1 saturated heterocycles. The maximum atomic E-state index is 6.23. The molecule has 2 aromatic rings. The van der Waals surface area contributed by atoms with Crippen LogP contribution in [-0.4, -0.2) is 34.7 Å². The van der Waals surface area contributed by atoms with Crippen LogP contribution in [0.1, 0.15) is 42.9 Å². The number of rotatable bonds is 5. The van der Waals surface area contributed by atoms with Crippen molar-refractivity contribution in [2.45, 2.75) is 38.6 Å². The van der Waals surface area contributed by atoms with Gasteiger partial charge in [0, 0.05) is 11.4 Å². The van der Waals surface area contributed by atoms with Crippen molar-refractivity contribution in [2.24, 2.45) is 5.73 Å². The molecule has 114 valence electrons. The first-order valence-electron chi connectivity index (χ1n) is 7.67. The molecular weight excluding hydrogens is 284 g/mol. The van der Waals surface area contributed by atoms with E-state index in [-0.39, 0.29) is 6.04 Å². The normalized spacial score (nSPS) is 18.0. The fourth-order valence-corrected chi connectivity index (χ4v) is 3.54. The zero-order valence-electron chi connectivity index (χ0n) is 12.4. The Morgan fingerprint density at radius 1 is 1.33 bits per heavy atom. The molecule has 0 spiro atoms. The lowest BCUT2D eigenvalue weighted by Gasteiger charge is -2.27. The Hall–Kier alpha value is -1.24. The molecule has 0 aromatic carbocycles. The van der Waals surface area contributed by atoms with Gasteiger partial charge >= 0.3 is 0 Å². The topological polar surface area (TPSA) is 68.2 Å². The summed E-state index contributed by atoms with van der Waals surface area (Å²) in [6, 6.07) is 3.97. The van der Waals surface area contributed by atoms with Crippen molar-refractivity contribution < 1.29 is 4.52 Å². The molecule has 0 radical (unpaired) electrons. The molecule has 6 heteroatoms. The summed E-state index contributed by atoms with van der Waals surface area (Å²) in [7, 11) is 0. The number of aryl methyl sites for hydroxylation is 1. The van der Waals surface area contributed by atoms with Gasteiger partial charge in [0.15, 0.2) is 5.82 Å². The first kappa shape index (κ1) is 14.7. The fourth-order valence-electron chi connectivity index (χ4n) is 2.67. The molecule has 1 fully saturated rings. The maximum absolute atomic E-state index is 6.23. The van der Waals surface area contributed by atoms with Gasteiger partial charge in [-0.2, -0.15) is 4.98 Å². The van der Waals surface area contributed by atoms with Crippen molar-refractivity contribution >= 4 is 11.3 Å². The van der Waals surface area contributed by atoms with E-state index in [1.807, 2.05) is 6.07 Å². The highest BCUT2D eigenvalue weighted by Gasteiger charge is 2.20. The van der Waals surface area contributed by atoms with Crippen molar-refractivity contribution in [1.29, 1.82) is 0 Å². The Kier molecular flexibility index (Phi) is 4.67. The number of nitrogens with two attached hydrogens (primary N) is 1. The van der Waals surface area contributed by atoms with E-state index < -0.39 is 0 Å². The Bertz CT molecular complexity index is 574. The minimum absolute atomic E-state index is 0.175. The lowest BCUT2D eigenvalue weighted by molar-refractivity contribution is 0.213. The zero-order valence-corrected chi connectivity index (χ0v) is 13.2. The predicted molar refractivity (Wildman–Crippen MR) is 84.2 cm³/mol. The van der Waals surface area contributed by atoms with Crippen LogP contribution >= 0.6 is 11.3 Å². The van der Waals surface area contributed by atoms with Crippen molar-refractivity contribution in [3.8, 4) is 10.8 Å². The molecule has 1 atom stereocenters. The Labute approximate surface area is 129 Å². The minimum Gasteiger partial charge on any atom is -0.333 e. The van der Waals surface area contributed by atoms with Crippen LogP contribution in [0.4, 0.5) is 0 Å². The smallest absolute Gasteiger partial charge is 0.268 e. The third-order valence-electron chi connectivity index (χ3n) is 3.90. The molecule has 3 heterocycles. The minimum atomic E-state index is -0.175. The summed E-state index contributed by atoms with van der Waals surface area (Å²) in [5.41, 5.74) is 6.23. The second-order valence-corrected chi connectivity index (χ2v) is 6.71. The van der Waals surface area contributed by atoms with E-state index >= 15 is 0 Å². The van der Waals surface area contributed by atoms with Crippen LogP contribution < -0.4 is 5.73 Å². The third-order valence-corrected chi connectivity index (χ3v) is 5.12. The Balaban J connectivity index is 1.65. The van der Waals surface area contributed by atoms with Gasteiger partial charge in [0.1, 0.15) is 0 Å². The van der Waals surface area contributed by atoms with Crippen molar-refractivity contribution in [3.63, 3.8) is 0 Å². The van der Waals surface area contributed by atoms with E-state index in [9.17, 15) is 0 Å². The fraction of sp³-hybridized carbons (Fsp3) is 0.600. The standard InChI is InChI=1S/C15H22N4OS/c1-2-11-6-7-13(21-11)15-17-14(18-20-15)12(16)10-19-8-4-3-5-9-19/h6-7,12H,2-5,8-10,16H2,1H3. The van der Waals surface area contributed by atoms with Crippen molar-refractivity contribution in [1.82, 2.24) is 15.0 Å². The van der Waals surface area contributed by atoms with Crippen molar-refractivity contribution in [3.05, 3.63) is 22.8 Å². The number of nitrogens with zero attached hydrogens (tertiary/aromatic N) is 3. The number of likely N-dealkylation sites (tertiary alicyclic amines) is 1. The molecule has 0 aliphatic carbocycles. The van der Waals surface area contributed by atoms with Gasteiger partial charge in [-0.25, -0.2) is 0 Å². The van der Waals surface area contributed by atoms with Crippen molar-refractivity contribution in [2.75, 3.05) is 19.6 Å². The number of piperidine rings is 1. The molecule has 2 N–H and O–H groups in total. The van der Waals surface area contributed by atoms with Gasteiger partial charge in [-0.1, -0.05) is 18.5 Å². The number of hydrogen-bond acceptors (Lipinski definition) is 6. The molecule has 21 heavy (non-hydrogen) atoms. The molecule has 1 aliphatic rings. The summed E-state index contributed by atoms with van der Waals surface area (Å²) in [5.74, 6) is 1.20. The van der Waals surface area contributed by atoms with Gasteiger partial charge in [-0.15, -0.1) is 11.3 Å². The van der Waals surface area contributed by atoms with Crippen LogP contribution in [0, 0.1) is 0 Å². The second kappa shape index (κ2) is 6.68. The van der Waals surface area contributed by atoms with Crippen LogP contribution in [0.15, 0.2) is 16.7 Å². The molecule has 2 aromatic heterocycles. The van der Waals surface area contributed by atoms with E-state index in [1.165, 1.54) is 24.1 Å². The highest BCUT2D eigenvalue weighted by molar-refractivity contribution is 7.15. The van der Waals surface area contributed by atoms with Gasteiger partial charge in [-0.05, 0) is 44.5 Å². The van der Waals surface area contributed by atoms with Crippen LogP contribution in [0.5, 0.6) is 0 Å². The number of hydrogen-bond donors (Lipinski definition) is 1. The molecule has 1 unspecified atom stereocenters. The summed E-state index contributed by atoms with van der Waals surface area (Å²) in [6.07, 6.45) is 4.88. The molecular formula is C15H22N4OS. The first-order valence-corrected chi connectivity index (χ1v) is 8.48. The van der Waals surface area contributed by atoms with Gasteiger partial charge in [-0.3, -0.25) is 0 Å². The summed E-state index contributed by atoms with van der Waals surface area (Å²) < 4.78 is 5.37. The molecule has 0 saturated carbocycles. The SMILES string of the molecule is CCc1ccc(-c2nc(C(N)CN3CCCCC3)no2)s1. The lowest BCUT2D eigenvalue weighted by Crippen LogP contribution is -2.36. The average Bonchev–Trinajstić information content (AvgIpc) is 3.17. The van der Waals surface area contributed by atoms with E-state index in [1.54, 1.807) is 11.3 Å². The van der Waals surface area contributed by atoms with E-state index in [4.69, 9.17) is 10.3 Å². The van der Waals surface area contributed by atoms with Crippen LogP contribution in [0.2, 0.25) is 0 Å². The number of thiophene rings is 1. The average molecular weight is 306 g/mol. The molecule has 0 amide bonds.